The molecule has 0 radical (unpaired) electrons. The number of carbonyl (C=O) groups is 1. The summed E-state index contributed by atoms with van der Waals surface area (Å²) in [5.74, 6) is 0.632. The zero-order valence-corrected chi connectivity index (χ0v) is 17.9. The van der Waals surface area contributed by atoms with Crippen LogP contribution in [0.15, 0.2) is 54.7 Å². The highest BCUT2D eigenvalue weighted by atomic mass is 16.5. The average molecular weight is 435 g/mol. The summed E-state index contributed by atoms with van der Waals surface area (Å²) in [6.07, 6.45) is 1.69. The van der Waals surface area contributed by atoms with Crippen LogP contribution in [0.2, 0.25) is 0 Å². The van der Waals surface area contributed by atoms with Gasteiger partial charge in [0.1, 0.15) is 5.75 Å². The summed E-state index contributed by atoms with van der Waals surface area (Å²) >= 11 is 0. The Labute approximate surface area is 186 Å². The Morgan fingerprint density at radius 3 is 2.66 bits per heavy atom. The molecule has 0 atom stereocenters. The number of amides is 1. The van der Waals surface area contributed by atoms with Gasteiger partial charge in [-0.25, -0.2) is 9.97 Å². The molecule has 166 valence electrons. The SMILES string of the molecule is COc1cc(-c2ccnc(Nc3ccc(N4CCOCC4)cc3)n2)ccc1C(=O)NCN. The first kappa shape index (κ1) is 21.5. The number of rotatable bonds is 7. The largest absolute Gasteiger partial charge is 0.496 e. The van der Waals surface area contributed by atoms with E-state index in [2.05, 4.69) is 37.6 Å². The van der Waals surface area contributed by atoms with Crippen LogP contribution in [-0.2, 0) is 4.74 Å². The predicted molar refractivity (Wildman–Crippen MR) is 123 cm³/mol. The summed E-state index contributed by atoms with van der Waals surface area (Å²) in [4.78, 5) is 23.4. The van der Waals surface area contributed by atoms with E-state index in [-0.39, 0.29) is 12.6 Å². The molecule has 1 fully saturated rings. The number of hydrogen-bond acceptors (Lipinski definition) is 8. The summed E-state index contributed by atoms with van der Waals surface area (Å²) < 4.78 is 10.8. The van der Waals surface area contributed by atoms with Gasteiger partial charge in [0.15, 0.2) is 0 Å². The van der Waals surface area contributed by atoms with Crippen LogP contribution in [0.3, 0.4) is 0 Å². The molecule has 1 saturated heterocycles. The normalized spacial score (nSPS) is 13.5. The molecule has 1 amide bonds. The van der Waals surface area contributed by atoms with Crippen LogP contribution < -0.4 is 26.0 Å². The van der Waals surface area contributed by atoms with E-state index in [0.29, 0.717) is 23.0 Å². The number of anilines is 3. The molecule has 0 bridgehead atoms. The van der Waals surface area contributed by atoms with E-state index >= 15 is 0 Å². The molecule has 2 heterocycles. The molecule has 9 heteroatoms. The molecule has 3 aromatic rings. The van der Waals surface area contributed by atoms with Gasteiger partial charge in [-0.1, -0.05) is 6.07 Å². The molecule has 0 saturated carbocycles. The minimum Gasteiger partial charge on any atom is -0.496 e. The van der Waals surface area contributed by atoms with Gasteiger partial charge >= 0.3 is 0 Å². The van der Waals surface area contributed by atoms with E-state index in [4.69, 9.17) is 15.2 Å². The van der Waals surface area contributed by atoms with Crippen molar-refractivity contribution < 1.29 is 14.3 Å². The number of ether oxygens (including phenoxy) is 2. The molecule has 1 aromatic heterocycles. The molecule has 0 spiro atoms. The number of methoxy groups -OCH3 is 1. The van der Waals surface area contributed by atoms with Crippen molar-refractivity contribution in [2.45, 2.75) is 0 Å². The Hall–Kier alpha value is -3.69. The lowest BCUT2D eigenvalue weighted by Crippen LogP contribution is -2.36. The lowest BCUT2D eigenvalue weighted by atomic mass is 10.1. The first-order valence-corrected chi connectivity index (χ1v) is 10.4. The fraction of sp³-hybridized carbons (Fsp3) is 0.261. The number of nitrogens with one attached hydrogen (secondary N) is 2. The number of nitrogens with zero attached hydrogens (tertiary/aromatic N) is 3. The van der Waals surface area contributed by atoms with E-state index < -0.39 is 0 Å². The third kappa shape index (κ3) is 4.96. The van der Waals surface area contributed by atoms with Crippen molar-refractivity contribution in [3.8, 4) is 17.0 Å². The van der Waals surface area contributed by atoms with Crippen LogP contribution in [0, 0.1) is 0 Å². The Morgan fingerprint density at radius 1 is 1.16 bits per heavy atom. The monoisotopic (exact) mass is 434 g/mol. The highest BCUT2D eigenvalue weighted by molar-refractivity contribution is 5.97. The number of nitrogens with two attached hydrogens (primary N) is 1. The van der Waals surface area contributed by atoms with Gasteiger partial charge in [0.05, 0.1) is 38.2 Å². The fourth-order valence-corrected chi connectivity index (χ4v) is 3.51. The lowest BCUT2D eigenvalue weighted by molar-refractivity contribution is 0.0952. The van der Waals surface area contributed by atoms with Crippen LogP contribution in [0.25, 0.3) is 11.3 Å². The highest BCUT2D eigenvalue weighted by Gasteiger charge is 2.14. The van der Waals surface area contributed by atoms with Crippen LogP contribution in [0.1, 0.15) is 10.4 Å². The van der Waals surface area contributed by atoms with Crippen molar-refractivity contribution in [2.75, 3.05) is 50.3 Å². The van der Waals surface area contributed by atoms with Gasteiger partial charge in [0.25, 0.3) is 5.91 Å². The zero-order chi connectivity index (χ0) is 22.3. The molecular weight excluding hydrogens is 408 g/mol. The molecule has 0 aliphatic carbocycles. The van der Waals surface area contributed by atoms with Crippen LogP contribution in [-0.4, -0.2) is 56.0 Å². The topological polar surface area (TPSA) is 115 Å². The lowest BCUT2D eigenvalue weighted by Gasteiger charge is -2.28. The Balaban J connectivity index is 1.50. The van der Waals surface area contributed by atoms with Gasteiger partial charge in [0, 0.05) is 36.2 Å². The van der Waals surface area contributed by atoms with E-state index in [9.17, 15) is 4.79 Å². The van der Waals surface area contributed by atoms with E-state index in [1.165, 1.54) is 12.8 Å². The maximum absolute atomic E-state index is 12.1. The molecule has 4 rings (SSSR count). The Kier molecular flexibility index (Phi) is 6.78. The molecule has 0 unspecified atom stereocenters. The first-order valence-electron chi connectivity index (χ1n) is 10.4. The summed E-state index contributed by atoms with van der Waals surface area (Å²) in [5.41, 5.74) is 9.38. The standard InChI is InChI=1S/C23H26N6O3/c1-31-21-14-16(2-7-19(21)22(30)26-15-24)20-8-9-25-23(28-20)27-17-3-5-18(6-4-17)29-10-12-32-13-11-29/h2-9,14H,10-13,15,24H2,1H3,(H,26,30)(H,25,27,28). The number of aromatic nitrogens is 2. The van der Waals surface area contributed by atoms with E-state index in [0.717, 1.165) is 37.6 Å². The quantitative estimate of drug-likeness (QED) is 0.486. The smallest absolute Gasteiger partial charge is 0.256 e. The zero-order valence-electron chi connectivity index (χ0n) is 17.9. The third-order valence-electron chi connectivity index (χ3n) is 5.16. The number of morpholine rings is 1. The van der Waals surface area contributed by atoms with E-state index in [1.807, 2.05) is 18.2 Å². The van der Waals surface area contributed by atoms with Gasteiger partial charge in [-0.3, -0.25) is 4.79 Å². The van der Waals surface area contributed by atoms with Crippen molar-refractivity contribution in [3.63, 3.8) is 0 Å². The first-order chi connectivity index (χ1) is 15.7. The van der Waals surface area contributed by atoms with Crippen molar-refractivity contribution in [3.05, 3.63) is 60.3 Å². The summed E-state index contributed by atoms with van der Waals surface area (Å²) in [6.45, 7) is 3.36. The van der Waals surface area contributed by atoms with Gasteiger partial charge in [-0.2, -0.15) is 0 Å². The Morgan fingerprint density at radius 2 is 1.94 bits per heavy atom. The minimum atomic E-state index is -0.290. The van der Waals surface area contributed by atoms with Crippen LogP contribution >= 0.6 is 0 Å². The minimum absolute atomic E-state index is 0.0537. The van der Waals surface area contributed by atoms with E-state index in [1.54, 1.807) is 24.4 Å². The second-order valence-electron chi connectivity index (χ2n) is 7.16. The van der Waals surface area contributed by atoms with Crippen molar-refractivity contribution in [1.82, 2.24) is 15.3 Å². The average Bonchev–Trinajstić information content (AvgIpc) is 2.85. The molecule has 4 N–H and O–H groups in total. The molecular formula is C23H26N6O3. The van der Waals surface area contributed by atoms with Gasteiger partial charge < -0.3 is 30.7 Å². The molecule has 1 aliphatic rings. The Bertz CT molecular complexity index is 1070. The summed E-state index contributed by atoms with van der Waals surface area (Å²) in [6, 6.07) is 15.3. The fourth-order valence-electron chi connectivity index (χ4n) is 3.51. The number of hydrogen-bond donors (Lipinski definition) is 3. The molecule has 32 heavy (non-hydrogen) atoms. The third-order valence-corrected chi connectivity index (χ3v) is 5.16. The second kappa shape index (κ2) is 10.1. The van der Waals surface area contributed by atoms with Crippen molar-refractivity contribution in [2.24, 2.45) is 5.73 Å². The van der Waals surface area contributed by atoms with Gasteiger partial charge in [0.2, 0.25) is 5.95 Å². The van der Waals surface area contributed by atoms with Gasteiger partial charge in [-0.05, 0) is 42.5 Å². The maximum Gasteiger partial charge on any atom is 0.256 e. The highest BCUT2D eigenvalue weighted by Crippen LogP contribution is 2.27. The predicted octanol–water partition coefficient (Wildman–Crippen LogP) is 2.38. The number of carbonyl (C=O) groups excluding carboxylic acids is 1. The second-order valence-corrected chi connectivity index (χ2v) is 7.16. The van der Waals surface area contributed by atoms with Crippen molar-refractivity contribution in [1.29, 1.82) is 0 Å². The summed E-state index contributed by atoms with van der Waals surface area (Å²) in [5, 5.41) is 5.82. The molecule has 9 nitrogen and oxygen atoms in total. The van der Waals surface area contributed by atoms with Crippen molar-refractivity contribution >= 4 is 23.2 Å². The van der Waals surface area contributed by atoms with Crippen LogP contribution in [0.5, 0.6) is 5.75 Å². The molecule has 1 aliphatic heterocycles. The number of benzene rings is 2. The summed E-state index contributed by atoms with van der Waals surface area (Å²) in [7, 11) is 1.52. The maximum atomic E-state index is 12.1. The van der Waals surface area contributed by atoms with Crippen LogP contribution in [0.4, 0.5) is 17.3 Å². The van der Waals surface area contributed by atoms with Gasteiger partial charge in [-0.15, -0.1) is 0 Å². The molecule has 2 aromatic carbocycles.